The van der Waals surface area contributed by atoms with Crippen molar-refractivity contribution in [2.24, 2.45) is 5.92 Å². The number of fused-ring (bicyclic) bond motifs is 1. The first-order valence-electron chi connectivity index (χ1n) is 11.0. The molecule has 2 N–H and O–H groups in total. The van der Waals surface area contributed by atoms with Crippen LogP contribution in [-0.2, 0) is 11.3 Å². The molecule has 1 saturated heterocycles. The summed E-state index contributed by atoms with van der Waals surface area (Å²) in [7, 11) is 0. The number of aromatic nitrogens is 2. The first kappa shape index (κ1) is 22.2. The lowest BCUT2D eigenvalue weighted by Crippen LogP contribution is -2.44. The molecular weight excluding hydrogens is 458 g/mol. The van der Waals surface area contributed by atoms with E-state index in [2.05, 4.69) is 10.3 Å². The number of carbonyl (C=O) groups excluding carboxylic acids is 1. The molecule has 1 atom stereocenters. The number of carbonyl (C=O) groups is 1. The third kappa shape index (κ3) is 4.43. The number of anilines is 1. The highest BCUT2D eigenvalue weighted by Gasteiger charge is 2.27. The van der Waals surface area contributed by atoms with Gasteiger partial charge in [-0.25, -0.2) is 13.8 Å². The fourth-order valence-corrected chi connectivity index (χ4v) is 5.17. The molecule has 9 heteroatoms. The zero-order valence-electron chi connectivity index (χ0n) is 18.2. The number of thiophene rings is 1. The van der Waals surface area contributed by atoms with Crippen LogP contribution in [0.25, 0.3) is 21.3 Å². The monoisotopic (exact) mass is 480 g/mol. The molecule has 1 aliphatic heterocycles. The van der Waals surface area contributed by atoms with Gasteiger partial charge in [0, 0.05) is 42.2 Å². The third-order valence-corrected chi connectivity index (χ3v) is 7.03. The summed E-state index contributed by atoms with van der Waals surface area (Å²) in [5, 5.41) is 4.69. The van der Waals surface area contributed by atoms with Gasteiger partial charge in [0.25, 0.3) is 5.56 Å². The van der Waals surface area contributed by atoms with Gasteiger partial charge in [0.05, 0.1) is 11.4 Å². The van der Waals surface area contributed by atoms with Crippen molar-refractivity contribution < 1.29 is 13.6 Å². The second-order valence-electron chi connectivity index (χ2n) is 8.32. The maximum atomic E-state index is 13.9. The van der Waals surface area contributed by atoms with Gasteiger partial charge in [-0.2, -0.15) is 0 Å². The average molecular weight is 481 g/mol. The standard InChI is InChI=1S/C25H22F2N4O2S/c26-18-9-8-16(20(27)11-18)12-28-23(32)17-7-4-10-31(13-17)25-29-21-19(15-5-2-1-3-6-15)14-34-22(21)24(33)30-25/h1-3,5-6,8-9,11,14,17H,4,7,10,12-13H2,(H,28,32)(H,29,30,33)/t17-/m1/s1. The zero-order chi connectivity index (χ0) is 23.7. The molecule has 1 aliphatic rings. The molecule has 0 spiro atoms. The topological polar surface area (TPSA) is 78.1 Å². The van der Waals surface area contributed by atoms with Crippen molar-refractivity contribution in [3.05, 3.63) is 81.5 Å². The minimum Gasteiger partial charge on any atom is -0.352 e. The third-order valence-electron chi connectivity index (χ3n) is 6.06. The molecule has 174 valence electrons. The molecule has 0 unspecified atom stereocenters. The second kappa shape index (κ2) is 9.34. The van der Waals surface area contributed by atoms with Gasteiger partial charge >= 0.3 is 0 Å². The quantitative estimate of drug-likeness (QED) is 0.442. The number of hydrogen-bond acceptors (Lipinski definition) is 5. The van der Waals surface area contributed by atoms with E-state index in [0.29, 0.717) is 35.7 Å². The lowest BCUT2D eigenvalue weighted by atomic mass is 9.97. The van der Waals surface area contributed by atoms with Gasteiger partial charge in [0.1, 0.15) is 16.3 Å². The molecule has 3 heterocycles. The Morgan fingerprint density at radius 2 is 2.03 bits per heavy atom. The van der Waals surface area contributed by atoms with E-state index in [-0.39, 0.29) is 29.5 Å². The van der Waals surface area contributed by atoms with Crippen molar-refractivity contribution in [1.82, 2.24) is 15.3 Å². The first-order valence-corrected chi connectivity index (χ1v) is 11.9. The number of amides is 1. The van der Waals surface area contributed by atoms with E-state index in [4.69, 9.17) is 4.98 Å². The number of H-pyrrole nitrogens is 1. The number of aromatic amines is 1. The second-order valence-corrected chi connectivity index (χ2v) is 9.20. The molecular formula is C25H22F2N4O2S. The van der Waals surface area contributed by atoms with Crippen LogP contribution in [-0.4, -0.2) is 29.0 Å². The van der Waals surface area contributed by atoms with Gasteiger partial charge in [0.15, 0.2) is 0 Å². The molecule has 2 aromatic heterocycles. The van der Waals surface area contributed by atoms with Crippen molar-refractivity contribution in [3.63, 3.8) is 0 Å². The van der Waals surface area contributed by atoms with Crippen molar-refractivity contribution in [2.45, 2.75) is 19.4 Å². The summed E-state index contributed by atoms with van der Waals surface area (Å²) in [5.41, 5.74) is 2.56. The van der Waals surface area contributed by atoms with Crippen molar-refractivity contribution >= 4 is 33.4 Å². The summed E-state index contributed by atoms with van der Waals surface area (Å²) in [6, 6.07) is 13.1. The lowest BCUT2D eigenvalue weighted by molar-refractivity contribution is -0.125. The molecule has 34 heavy (non-hydrogen) atoms. The van der Waals surface area contributed by atoms with Crippen molar-refractivity contribution in [2.75, 3.05) is 18.0 Å². The molecule has 6 nitrogen and oxygen atoms in total. The van der Waals surface area contributed by atoms with Crippen LogP contribution in [0.1, 0.15) is 18.4 Å². The first-order chi connectivity index (χ1) is 16.5. The van der Waals surface area contributed by atoms with Crippen LogP contribution >= 0.6 is 11.3 Å². The maximum absolute atomic E-state index is 13.9. The average Bonchev–Trinajstić information content (AvgIpc) is 3.29. The van der Waals surface area contributed by atoms with E-state index < -0.39 is 11.6 Å². The molecule has 5 rings (SSSR count). The Morgan fingerprint density at radius 3 is 2.82 bits per heavy atom. The van der Waals surface area contributed by atoms with Crippen LogP contribution in [0.5, 0.6) is 0 Å². The number of hydrogen-bond donors (Lipinski definition) is 2. The fraction of sp³-hybridized carbons (Fsp3) is 0.240. The maximum Gasteiger partial charge on any atom is 0.270 e. The minimum atomic E-state index is -0.689. The number of piperidine rings is 1. The SMILES string of the molecule is O=C(NCc1ccc(F)cc1F)[C@@H]1CCCN(c2nc3c(-c4ccccc4)csc3c(=O)[nH]2)C1. The molecule has 0 bridgehead atoms. The van der Waals surface area contributed by atoms with Gasteiger partial charge in [-0.15, -0.1) is 11.3 Å². The molecule has 0 aliphatic carbocycles. The Kier molecular flexibility index (Phi) is 6.10. The number of nitrogens with one attached hydrogen (secondary N) is 2. The largest absolute Gasteiger partial charge is 0.352 e. The van der Waals surface area contributed by atoms with Crippen LogP contribution < -0.4 is 15.8 Å². The molecule has 0 saturated carbocycles. The van der Waals surface area contributed by atoms with Crippen LogP contribution in [0, 0.1) is 17.6 Å². The van der Waals surface area contributed by atoms with E-state index in [1.165, 1.54) is 23.5 Å². The van der Waals surface area contributed by atoms with E-state index in [1.807, 2.05) is 40.6 Å². The van der Waals surface area contributed by atoms with Crippen LogP contribution in [0.2, 0.25) is 0 Å². The summed E-state index contributed by atoms with van der Waals surface area (Å²) in [6.07, 6.45) is 1.42. The number of nitrogens with zero attached hydrogens (tertiary/aromatic N) is 2. The van der Waals surface area contributed by atoms with Gasteiger partial charge in [-0.1, -0.05) is 36.4 Å². The zero-order valence-corrected chi connectivity index (χ0v) is 19.0. The fourth-order valence-electron chi connectivity index (χ4n) is 4.26. The van der Waals surface area contributed by atoms with Crippen LogP contribution in [0.4, 0.5) is 14.7 Å². The predicted octanol–water partition coefficient (Wildman–Crippen LogP) is 4.46. The van der Waals surface area contributed by atoms with Crippen molar-refractivity contribution in [3.8, 4) is 11.1 Å². The van der Waals surface area contributed by atoms with E-state index in [9.17, 15) is 18.4 Å². The highest BCUT2D eigenvalue weighted by atomic mass is 32.1. The molecule has 0 radical (unpaired) electrons. The summed E-state index contributed by atoms with van der Waals surface area (Å²) in [4.78, 5) is 35.1. The molecule has 4 aromatic rings. The number of benzene rings is 2. The Labute approximate surface area is 198 Å². The molecule has 1 amide bonds. The van der Waals surface area contributed by atoms with Gasteiger partial charge < -0.3 is 10.2 Å². The van der Waals surface area contributed by atoms with E-state index >= 15 is 0 Å². The van der Waals surface area contributed by atoms with Gasteiger partial charge in [0.2, 0.25) is 11.9 Å². The van der Waals surface area contributed by atoms with Crippen LogP contribution in [0.15, 0.2) is 58.7 Å². The normalized spacial score (nSPS) is 16.1. The smallest absolute Gasteiger partial charge is 0.270 e. The number of rotatable bonds is 5. The minimum absolute atomic E-state index is 0.0160. The summed E-state index contributed by atoms with van der Waals surface area (Å²) < 4.78 is 27.5. The Morgan fingerprint density at radius 1 is 1.21 bits per heavy atom. The lowest BCUT2D eigenvalue weighted by Gasteiger charge is -2.32. The predicted molar refractivity (Wildman–Crippen MR) is 129 cm³/mol. The molecule has 1 fully saturated rings. The van der Waals surface area contributed by atoms with Gasteiger partial charge in [-0.05, 0) is 24.5 Å². The highest BCUT2D eigenvalue weighted by molar-refractivity contribution is 7.17. The highest BCUT2D eigenvalue weighted by Crippen LogP contribution is 2.32. The summed E-state index contributed by atoms with van der Waals surface area (Å²) >= 11 is 1.36. The Hall–Kier alpha value is -3.59. The number of halogens is 2. The van der Waals surface area contributed by atoms with Gasteiger partial charge in [-0.3, -0.25) is 14.6 Å². The summed E-state index contributed by atoms with van der Waals surface area (Å²) in [5.74, 6) is -1.46. The Bertz CT molecular complexity index is 1400. The van der Waals surface area contributed by atoms with Crippen molar-refractivity contribution in [1.29, 1.82) is 0 Å². The molecule has 2 aromatic carbocycles. The Balaban J connectivity index is 1.34. The van der Waals surface area contributed by atoms with Crippen LogP contribution in [0.3, 0.4) is 0 Å². The summed E-state index contributed by atoms with van der Waals surface area (Å²) in [6.45, 7) is 1.03. The van der Waals surface area contributed by atoms with E-state index in [0.717, 1.165) is 23.6 Å². The van der Waals surface area contributed by atoms with E-state index in [1.54, 1.807) is 0 Å².